The first kappa shape index (κ1) is 27.7. The summed E-state index contributed by atoms with van der Waals surface area (Å²) in [6, 6.07) is -0.741. The van der Waals surface area contributed by atoms with Crippen molar-refractivity contribution in [2.45, 2.75) is 68.0 Å². The molecule has 4 rings (SSSR count). The molecule has 0 spiro atoms. The standard InChI is InChI=1S/C23H34ClF3N8O2/c1-30-6-14-4-20(16(24)5-19(14)28)33-12-34(8-13-2-17(25)21(27)18(26)3-13)22(36)35(23(29)10-37-23)9-15-7-31-11-32-15/h6-7,11,13,16-18,20-21,33H,2-5,8-10,12,28-29H2,1H3,(H,31,32). The maximum atomic E-state index is 14.2. The smallest absolute Gasteiger partial charge is 0.324 e. The van der Waals surface area contributed by atoms with Gasteiger partial charge in [-0.2, -0.15) is 0 Å². The molecule has 1 aromatic heterocycles. The minimum atomic E-state index is -2.15. The van der Waals surface area contributed by atoms with E-state index < -0.39 is 36.3 Å². The van der Waals surface area contributed by atoms with Crippen molar-refractivity contribution in [2.24, 2.45) is 22.4 Å². The third kappa shape index (κ3) is 6.57. The van der Waals surface area contributed by atoms with Gasteiger partial charge in [-0.1, -0.05) is 0 Å². The number of imidazole rings is 1. The van der Waals surface area contributed by atoms with Crippen LogP contribution in [0.5, 0.6) is 0 Å². The molecule has 37 heavy (non-hydrogen) atoms. The summed E-state index contributed by atoms with van der Waals surface area (Å²) in [5.41, 5.74) is 14.5. The van der Waals surface area contributed by atoms with Crippen LogP contribution in [0.4, 0.5) is 18.0 Å². The zero-order valence-electron chi connectivity index (χ0n) is 20.6. The van der Waals surface area contributed by atoms with Crippen LogP contribution in [0.25, 0.3) is 0 Å². The van der Waals surface area contributed by atoms with Crippen LogP contribution < -0.4 is 16.8 Å². The fourth-order valence-corrected chi connectivity index (χ4v) is 5.24. The van der Waals surface area contributed by atoms with Gasteiger partial charge in [-0.3, -0.25) is 20.9 Å². The number of nitrogens with two attached hydrogens (primary N) is 2. The number of nitrogens with zero attached hydrogens (tertiary/aromatic N) is 4. The number of halogens is 4. The number of hydrogen-bond donors (Lipinski definition) is 4. The number of aromatic amines is 1. The van der Waals surface area contributed by atoms with E-state index in [2.05, 4.69) is 20.3 Å². The molecule has 2 heterocycles. The fourth-order valence-electron chi connectivity index (χ4n) is 4.89. The van der Waals surface area contributed by atoms with E-state index in [1.54, 1.807) is 19.5 Å². The molecule has 10 nitrogen and oxygen atoms in total. The minimum absolute atomic E-state index is 0.00409. The molecule has 14 heteroatoms. The number of aliphatic imine (C=N–C) groups is 1. The third-order valence-corrected chi connectivity index (χ3v) is 7.56. The van der Waals surface area contributed by atoms with Crippen LogP contribution in [0.2, 0.25) is 0 Å². The number of hydrogen-bond acceptors (Lipinski definition) is 7. The van der Waals surface area contributed by atoms with Crippen LogP contribution in [-0.4, -0.2) is 94.7 Å². The molecule has 2 amide bonds. The van der Waals surface area contributed by atoms with E-state index in [9.17, 15) is 18.0 Å². The number of rotatable bonds is 9. The second-order valence-electron chi connectivity index (χ2n) is 9.95. The summed E-state index contributed by atoms with van der Waals surface area (Å²) < 4.78 is 47.5. The van der Waals surface area contributed by atoms with E-state index in [0.717, 1.165) is 5.57 Å². The quantitative estimate of drug-likeness (QED) is 0.161. The minimum Gasteiger partial charge on any atom is -0.402 e. The number of aromatic nitrogens is 2. The number of ether oxygens (including phenoxy) is 1. The maximum Gasteiger partial charge on any atom is 0.324 e. The molecule has 1 aromatic rings. The van der Waals surface area contributed by atoms with Gasteiger partial charge < -0.3 is 20.4 Å². The van der Waals surface area contributed by atoms with E-state index in [0.29, 0.717) is 24.2 Å². The Morgan fingerprint density at radius 3 is 2.68 bits per heavy atom. The highest BCUT2D eigenvalue weighted by Gasteiger charge is 2.51. The van der Waals surface area contributed by atoms with Gasteiger partial charge in [-0.25, -0.2) is 22.9 Å². The lowest BCUT2D eigenvalue weighted by Gasteiger charge is -2.38. The summed E-state index contributed by atoms with van der Waals surface area (Å²) in [7, 11) is 1.65. The van der Waals surface area contributed by atoms with Crippen molar-refractivity contribution in [2.75, 3.05) is 26.9 Å². The van der Waals surface area contributed by atoms with Crippen molar-refractivity contribution in [3.63, 3.8) is 0 Å². The van der Waals surface area contributed by atoms with Crippen LogP contribution in [0.1, 0.15) is 31.4 Å². The number of carbonyl (C=O) groups excluding carboxylic acids is 1. The first-order chi connectivity index (χ1) is 17.6. The molecule has 6 N–H and O–H groups in total. The van der Waals surface area contributed by atoms with Gasteiger partial charge in [-0.05, 0) is 30.8 Å². The Balaban J connectivity index is 1.52. The average molecular weight is 547 g/mol. The molecule has 1 saturated carbocycles. The molecule has 2 fully saturated rings. The number of epoxide rings is 1. The Hall–Kier alpha value is -2.35. The Bertz CT molecular complexity index is 981. The zero-order chi connectivity index (χ0) is 26.7. The highest BCUT2D eigenvalue weighted by atomic mass is 35.5. The number of allylic oxidation sites excluding steroid dienone is 1. The summed E-state index contributed by atoms with van der Waals surface area (Å²) in [5.74, 6) is -1.90. The number of nitrogens with one attached hydrogen (secondary N) is 2. The van der Waals surface area contributed by atoms with Crippen molar-refractivity contribution < 1.29 is 22.7 Å². The number of amides is 2. The first-order valence-corrected chi connectivity index (χ1v) is 12.7. The molecule has 0 radical (unpaired) electrons. The number of H-pyrrole nitrogens is 1. The molecule has 1 saturated heterocycles. The summed E-state index contributed by atoms with van der Waals surface area (Å²) >= 11 is 6.57. The van der Waals surface area contributed by atoms with Gasteiger partial charge >= 0.3 is 6.03 Å². The van der Waals surface area contributed by atoms with E-state index in [-0.39, 0.29) is 50.6 Å². The second-order valence-corrected chi connectivity index (χ2v) is 10.5. The van der Waals surface area contributed by atoms with Gasteiger partial charge in [-0.15, -0.1) is 11.6 Å². The van der Waals surface area contributed by atoms with Crippen LogP contribution in [0, 0.1) is 5.92 Å². The van der Waals surface area contributed by atoms with Crippen molar-refractivity contribution in [1.29, 1.82) is 0 Å². The van der Waals surface area contributed by atoms with Gasteiger partial charge in [0.2, 0.25) is 5.85 Å². The average Bonchev–Trinajstić information content (AvgIpc) is 3.38. The van der Waals surface area contributed by atoms with Gasteiger partial charge in [0.05, 0.1) is 30.6 Å². The van der Waals surface area contributed by atoms with E-state index in [1.165, 1.54) is 16.1 Å². The molecule has 206 valence electrons. The van der Waals surface area contributed by atoms with Crippen molar-refractivity contribution in [1.82, 2.24) is 25.1 Å². The zero-order valence-corrected chi connectivity index (χ0v) is 21.4. The molecule has 3 aliphatic rings. The fraction of sp³-hybridized carbons (Fsp3) is 0.696. The topological polar surface area (TPSA) is 141 Å². The number of urea groups is 1. The normalized spacial score (nSPS) is 34.1. The lowest BCUT2D eigenvalue weighted by Crippen LogP contribution is -2.58. The van der Waals surface area contributed by atoms with Gasteiger partial charge in [0.25, 0.3) is 0 Å². The highest BCUT2D eigenvalue weighted by molar-refractivity contribution is 6.21. The molecular formula is C23H34ClF3N8O2. The molecule has 5 unspecified atom stereocenters. The SMILES string of the molecule is CN=CC1=C(N)CC(Cl)C(NCN(CC2CC(F)C(F)C(F)C2)C(=O)N(Cc2cnc[nH]2)C2(N)CO2)C1. The van der Waals surface area contributed by atoms with Crippen LogP contribution in [0.15, 0.2) is 28.8 Å². The lowest BCUT2D eigenvalue weighted by molar-refractivity contribution is 0.00676. The lowest BCUT2D eigenvalue weighted by atomic mass is 9.85. The molecule has 0 bridgehead atoms. The number of alkyl halides is 4. The van der Waals surface area contributed by atoms with Crippen LogP contribution in [0.3, 0.4) is 0 Å². The largest absolute Gasteiger partial charge is 0.402 e. The maximum absolute atomic E-state index is 14.2. The molecule has 1 aliphatic heterocycles. The Morgan fingerprint density at radius 2 is 2.08 bits per heavy atom. The molecule has 0 aromatic carbocycles. The summed E-state index contributed by atoms with van der Waals surface area (Å²) in [4.78, 5) is 27.5. The van der Waals surface area contributed by atoms with E-state index in [1.807, 2.05) is 0 Å². The van der Waals surface area contributed by atoms with E-state index in [4.69, 9.17) is 27.8 Å². The van der Waals surface area contributed by atoms with Gasteiger partial charge in [0.1, 0.15) is 19.0 Å². The summed E-state index contributed by atoms with van der Waals surface area (Å²) in [6.07, 6.45) is -0.730. The monoisotopic (exact) mass is 546 g/mol. The van der Waals surface area contributed by atoms with Crippen molar-refractivity contribution in [3.8, 4) is 0 Å². The predicted molar refractivity (Wildman–Crippen MR) is 133 cm³/mol. The number of carbonyl (C=O) groups is 1. The summed E-state index contributed by atoms with van der Waals surface area (Å²) in [6.45, 7) is 0.229. The Kier molecular flexibility index (Phi) is 8.66. The van der Waals surface area contributed by atoms with Crippen LogP contribution in [-0.2, 0) is 11.3 Å². The molecular weight excluding hydrogens is 513 g/mol. The molecule has 5 atom stereocenters. The Labute approximate surface area is 218 Å². The summed E-state index contributed by atoms with van der Waals surface area (Å²) in [5, 5.41) is 2.96. The predicted octanol–water partition coefficient (Wildman–Crippen LogP) is 1.93. The third-order valence-electron chi connectivity index (χ3n) is 7.10. The second kappa shape index (κ2) is 11.6. The van der Waals surface area contributed by atoms with Crippen molar-refractivity contribution >= 4 is 23.8 Å². The van der Waals surface area contributed by atoms with Crippen molar-refractivity contribution in [3.05, 3.63) is 29.5 Å². The van der Waals surface area contributed by atoms with Gasteiger partial charge in [0, 0.05) is 44.2 Å². The highest BCUT2D eigenvalue weighted by Crippen LogP contribution is 2.33. The van der Waals surface area contributed by atoms with Gasteiger partial charge in [0.15, 0.2) is 6.17 Å². The molecule has 2 aliphatic carbocycles. The first-order valence-electron chi connectivity index (χ1n) is 12.3. The van der Waals surface area contributed by atoms with E-state index >= 15 is 0 Å². The Morgan fingerprint density at radius 1 is 1.38 bits per heavy atom. The van der Waals surface area contributed by atoms with Crippen LogP contribution >= 0.6 is 11.6 Å².